The van der Waals surface area contributed by atoms with E-state index in [4.69, 9.17) is 4.74 Å². The van der Waals surface area contributed by atoms with Crippen molar-refractivity contribution < 1.29 is 14.3 Å². The Morgan fingerprint density at radius 2 is 2.00 bits per heavy atom. The Bertz CT molecular complexity index is 885. The summed E-state index contributed by atoms with van der Waals surface area (Å²) >= 11 is 3.51. The molecule has 2 aromatic rings. The Morgan fingerprint density at radius 3 is 2.77 bits per heavy atom. The van der Waals surface area contributed by atoms with Crippen LogP contribution in [0.25, 0.3) is 0 Å². The molecule has 134 valence electrons. The SMILES string of the molecule is N#Cc1c(NC(=O)COC(=O)c2ccccc2I)sc2c1CCCCC2. The van der Waals surface area contributed by atoms with Crippen molar-refractivity contribution in [3.05, 3.63) is 49.4 Å². The molecule has 1 aliphatic rings. The van der Waals surface area contributed by atoms with Crippen LogP contribution in [0.15, 0.2) is 24.3 Å². The highest BCUT2D eigenvalue weighted by molar-refractivity contribution is 14.1. The number of carbonyl (C=O) groups excluding carboxylic acids is 2. The normalized spacial score (nSPS) is 13.2. The largest absolute Gasteiger partial charge is 0.452 e. The van der Waals surface area contributed by atoms with Crippen LogP contribution in [0.5, 0.6) is 0 Å². The lowest BCUT2D eigenvalue weighted by Gasteiger charge is -2.07. The molecule has 0 bridgehead atoms. The number of nitriles is 1. The predicted molar refractivity (Wildman–Crippen MR) is 108 cm³/mol. The number of carbonyl (C=O) groups is 2. The highest BCUT2D eigenvalue weighted by Crippen LogP contribution is 2.36. The number of halogens is 1. The van der Waals surface area contributed by atoms with Crippen molar-refractivity contribution in [1.29, 1.82) is 5.26 Å². The fraction of sp³-hybridized carbons (Fsp3) is 0.316. The summed E-state index contributed by atoms with van der Waals surface area (Å²) in [6, 6.07) is 9.26. The van der Waals surface area contributed by atoms with Crippen LogP contribution in [-0.2, 0) is 22.4 Å². The Morgan fingerprint density at radius 1 is 1.23 bits per heavy atom. The van der Waals surface area contributed by atoms with Crippen LogP contribution in [0.1, 0.15) is 45.6 Å². The number of hydrogen-bond acceptors (Lipinski definition) is 5. The Balaban J connectivity index is 1.65. The molecular formula is C19H17IN2O3S. The highest BCUT2D eigenvalue weighted by Gasteiger charge is 2.21. The first-order valence-corrected chi connectivity index (χ1v) is 10.3. The molecule has 0 spiro atoms. The number of amides is 1. The number of esters is 1. The van der Waals surface area contributed by atoms with Crippen molar-refractivity contribution in [2.45, 2.75) is 32.1 Å². The van der Waals surface area contributed by atoms with Crippen LogP contribution in [0, 0.1) is 14.9 Å². The molecule has 0 fully saturated rings. The summed E-state index contributed by atoms with van der Waals surface area (Å²) in [4.78, 5) is 25.5. The fourth-order valence-electron chi connectivity index (χ4n) is 2.95. The van der Waals surface area contributed by atoms with Gasteiger partial charge in [0.05, 0.1) is 11.1 Å². The molecule has 1 N–H and O–H groups in total. The van der Waals surface area contributed by atoms with E-state index >= 15 is 0 Å². The minimum atomic E-state index is -0.535. The van der Waals surface area contributed by atoms with Gasteiger partial charge in [-0.05, 0) is 66.0 Å². The van der Waals surface area contributed by atoms with Crippen LogP contribution in [-0.4, -0.2) is 18.5 Å². The van der Waals surface area contributed by atoms with Gasteiger partial charge in [-0.25, -0.2) is 4.79 Å². The molecule has 1 amide bonds. The summed E-state index contributed by atoms with van der Waals surface area (Å²) in [7, 11) is 0. The first-order valence-electron chi connectivity index (χ1n) is 8.36. The molecule has 7 heteroatoms. The molecule has 1 heterocycles. The topological polar surface area (TPSA) is 79.2 Å². The number of ether oxygens (including phenoxy) is 1. The van der Waals surface area contributed by atoms with Crippen molar-refractivity contribution in [1.82, 2.24) is 0 Å². The third-order valence-electron chi connectivity index (χ3n) is 4.21. The van der Waals surface area contributed by atoms with Gasteiger partial charge < -0.3 is 10.1 Å². The lowest BCUT2D eigenvalue weighted by molar-refractivity contribution is -0.119. The number of nitrogens with one attached hydrogen (secondary N) is 1. The zero-order valence-corrected chi connectivity index (χ0v) is 17.0. The van der Waals surface area contributed by atoms with Crippen LogP contribution in [0.3, 0.4) is 0 Å². The number of fused-ring (bicyclic) bond motifs is 1. The lowest BCUT2D eigenvalue weighted by atomic mass is 10.1. The molecule has 3 rings (SSSR count). The standard InChI is InChI=1S/C19H17IN2O3S/c20-15-8-5-4-7-13(15)19(24)25-11-17(23)22-18-14(10-21)12-6-2-1-3-9-16(12)26-18/h4-5,7-8H,1-3,6,9,11H2,(H,22,23). The molecule has 0 atom stereocenters. The van der Waals surface area contributed by atoms with Crippen LogP contribution < -0.4 is 5.32 Å². The first-order chi connectivity index (χ1) is 12.6. The monoisotopic (exact) mass is 480 g/mol. The van der Waals surface area contributed by atoms with Crippen LogP contribution >= 0.6 is 33.9 Å². The van der Waals surface area contributed by atoms with Gasteiger partial charge in [0.1, 0.15) is 11.1 Å². The van der Waals surface area contributed by atoms with Crippen molar-refractivity contribution in [3.63, 3.8) is 0 Å². The van der Waals surface area contributed by atoms with Gasteiger partial charge in [-0.1, -0.05) is 18.6 Å². The minimum Gasteiger partial charge on any atom is -0.452 e. The van der Waals surface area contributed by atoms with Gasteiger partial charge >= 0.3 is 5.97 Å². The molecule has 0 aliphatic heterocycles. The first kappa shape index (κ1) is 18.9. The highest BCUT2D eigenvalue weighted by atomic mass is 127. The van der Waals surface area contributed by atoms with E-state index in [1.165, 1.54) is 22.6 Å². The zero-order valence-electron chi connectivity index (χ0n) is 14.0. The molecule has 1 aromatic heterocycles. The van der Waals surface area contributed by atoms with E-state index in [2.05, 4.69) is 11.4 Å². The van der Waals surface area contributed by atoms with E-state index in [1.807, 2.05) is 28.7 Å². The van der Waals surface area contributed by atoms with E-state index < -0.39 is 11.9 Å². The second kappa shape index (κ2) is 8.64. The van der Waals surface area contributed by atoms with Crippen molar-refractivity contribution >= 4 is 50.8 Å². The van der Waals surface area contributed by atoms with Gasteiger partial charge in [0, 0.05) is 8.45 Å². The average molecular weight is 480 g/mol. The maximum Gasteiger partial charge on any atom is 0.339 e. The maximum absolute atomic E-state index is 12.2. The Labute approximate surface area is 169 Å². The smallest absolute Gasteiger partial charge is 0.339 e. The summed E-state index contributed by atoms with van der Waals surface area (Å²) < 4.78 is 5.87. The van der Waals surface area contributed by atoms with Crippen molar-refractivity contribution in [2.75, 3.05) is 11.9 Å². The third-order valence-corrected chi connectivity index (χ3v) is 6.36. The fourth-order valence-corrected chi connectivity index (χ4v) is 4.81. The molecule has 26 heavy (non-hydrogen) atoms. The number of anilines is 1. The van der Waals surface area contributed by atoms with Crippen LogP contribution in [0.2, 0.25) is 0 Å². The van der Waals surface area contributed by atoms with Gasteiger partial charge in [0.15, 0.2) is 6.61 Å². The third kappa shape index (κ3) is 4.24. The summed E-state index contributed by atoms with van der Waals surface area (Å²) in [6.07, 6.45) is 5.18. The maximum atomic E-state index is 12.2. The number of hydrogen-bond donors (Lipinski definition) is 1. The number of rotatable bonds is 4. The van der Waals surface area contributed by atoms with E-state index in [-0.39, 0.29) is 6.61 Å². The van der Waals surface area contributed by atoms with Crippen LogP contribution in [0.4, 0.5) is 5.00 Å². The molecule has 1 aromatic carbocycles. The van der Waals surface area contributed by atoms with Gasteiger partial charge in [-0.2, -0.15) is 5.26 Å². The summed E-state index contributed by atoms with van der Waals surface area (Å²) in [5.41, 5.74) is 2.06. The van der Waals surface area contributed by atoms with E-state index in [1.54, 1.807) is 18.2 Å². The lowest BCUT2D eigenvalue weighted by Crippen LogP contribution is -2.21. The summed E-state index contributed by atoms with van der Waals surface area (Å²) in [5.74, 6) is -0.968. The number of benzene rings is 1. The van der Waals surface area contributed by atoms with E-state index in [9.17, 15) is 14.9 Å². The average Bonchev–Trinajstić information content (AvgIpc) is 2.79. The number of nitrogens with zero attached hydrogens (tertiary/aromatic N) is 1. The molecule has 0 saturated heterocycles. The number of thiophene rings is 1. The number of aryl methyl sites for hydroxylation is 1. The molecule has 0 saturated carbocycles. The summed E-state index contributed by atoms with van der Waals surface area (Å²) in [6.45, 7) is -0.378. The molecule has 0 unspecified atom stereocenters. The van der Waals surface area contributed by atoms with Crippen molar-refractivity contribution in [3.8, 4) is 6.07 Å². The zero-order chi connectivity index (χ0) is 18.5. The van der Waals surface area contributed by atoms with E-state index in [0.29, 0.717) is 16.1 Å². The van der Waals surface area contributed by atoms with Gasteiger partial charge in [-0.3, -0.25) is 4.79 Å². The van der Waals surface area contributed by atoms with Gasteiger partial charge in [-0.15, -0.1) is 11.3 Å². The molecule has 0 radical (unpaired) electrons. The van der Waals surface area contributed by atoms with Gasteiger partial charge in [0.2, 0.25) is 0 Å². The predicted octanol–water partition coefficient (Wildman–Crippen LogP) is 4.29. The second-order valence-electron chi connectivity index (χ2n) is 5.98. The Kier molecular flexibility index (Phi) is 6.27. The molecule has 1 aliphatic carbocycles. The molecule has 5 nitrogen and oxygen atoms in total. The van der Waals surface area contributed by atoms with Gasteiger partial charge in [0.25, 0.3) is 5.91 Å². The molecular weight excluding hydrogens is 463 g/mol. The minimum absolute atomic E-state index is 0.378. The quantitative estimate of drug-likeness (QED) is 0.403. The Hall–Kier alpha value is -1.92. The van der Waals surface area contributed by atoms with E-state index in [0.717, 1.165) is 34.8 Å². The van der Waals surface area contributed by atoms with Crippen molar-refractivity contribution in [2.24, 2.45) is 0 Å². The summed E-state index contributed by atoms with van der Waals surface area (Å²) in [5, 5.41) is 12.8. The second-order valence-corrected chi connectivity index (χ2v) is 8.25.